The van der Waals surface area contributed by atoms with Gasteiger partial charge >= 0.3 is 0 Å². The molecule has 0 saturated carbocycles. The molecule has 5 rings (SSSR count). The summed E-state index contributed by atoms with van der Waals surface area (Å²) in [5.74, 6) is 1.35. The first-order valence-corrected chi connectivity index (χ1v) is 9.82. The molecule has 30 heavy (non-hydrogen) atoms. The summed E-state index contributed by atoms with van der Waals surface area (Å²) in [6.07, 6.45) is 3.24. The molecule has 152 valence electrons. The number of piperazine rings is 1. The van der Waals surface area contributed by atoms with Crippen LogP contribution in [-0.2, 0) is 0 Å². The number of para-hydroxylation sites is 1. The van der Waals surface area contributed by atoms with Crippen LogP contribution < -0.4 is 14.5 Å². The molecule has 2 aromatic heterocycles. The number of hydrogen-bond acceptors (Lipinski definition) is 6. The van der Waals surface area contributed by atoms with Gasteiger partial charge < -0.3 is 14.5 Å². The Bertz CT molecular complexity index is 1170. The fourth-order valence-corrected chi connectivity index (χ4v) is 3.85. The summed E-state index contributed by atoms with van der Waals surface area (Å²) < 4.78 is 21.0. The number of aromatic nitrogens is 4. The summed E-state index contributed by atoms with van der Waals surface area (Å²) >= 11 is 0. The molecule has 0 spiro atoms. The summed E-state index contributed by atoms with van der Waals surface area (Å²) in [6, 6.07) is 14.7. The molecule has 7 nitrogen and oxygen atoms in total. The van der Waals surface area contributed by atoms with Gasteiger partial charge in [-0.3, -0.25) is 0 Å². The first kappa shape index (κ1) is 18.4. The highest BCUT2D eigenvalue weighted by atomic mass is 19.1. The Morgan fingerprint density at radius 2 is 1.63 bits per heavy atom. The van der Waals surface area contributed by atoms with E-state index < -0.39 is 0 Å². The molecule has 1 aliphatic rings. The predicted molar refractivity (Wildman–Crippen MR) is 114 cm³/mol. The minimum Gasteiger partial charge on any atom is -0.497 e. The van der Waals surface area contributed by atoms with Crippen molar-refractivity contribution in [1.29, 1.82) is 0 Å². The molecular formula is C22H21FN6O. The molecule has 0 bridgehead atoms. The molecule has 1 saturated heterocycles. The van der Waals surface area contributed by atoms with Crippen LogP contribution in [-0.4, -0.2) is 53.0 Å². The molecule has 4 aromatic rings. The van der Waals surface area contributed by atoms with Gasteiger partial charge in [0.25, 0.3) is 0 Å². The number of fused-ring (bicyclic) bond motifs is 1. The Balaban J connectivity index is 1.39. The van der Waals surface area contributed by atoms with E-state index in [4.69, 9.17) is 4.74 Å². The minimum absolute atomic E-state index is 0.337. The van der Waals surface area contributed by atoms with Crippen LogP contribution in [0, 0.1) is 5.82 Å². The van der Waals surface area contributed by atoms with Crippen LogP contribution in [0.5, 0.6) is 5.75 Å². The molecule has 8 heteroatoms. The largest absolute Gasteiger partial charge is 0.497 e. The average Bonchev–Trinajstić information content (AvgIpc) is 3.24. The first-order valence-electron chi connectivity index (χ1n) is 9.82. The molecule has 1 fully saturated rings. The number of benzene rings is 2. The highest BCUT2D eigenvalue weighted by Crippen LogP contribution is 2.27. The number of halogens is 1. The van der Waals surface area contributed by atoms with Gasteiger partial charge in [0.2, 0.25) is 0 Å². The fourth-order valence-electron chi connectivity index (χ4n) is 3.85. The zero-order valence-corrected chi connectivity index (χ0v) is 16.6. The molecule has 0 aliphatic carbocycles. The maximum atomic E-state index is 14.3. The quantitative estimate of drug-likeness (QED) is 0.520. The molecule has 2 aromatic carbocycles. The number of rotatable bonds is 4. The first-order chi connectivity index (χ1) is 14.7. The molecule has 1 aliphatic heterocycles. The van der Waals surface area contributed by atoms with Crippen LogP contribution in [0.25, 0.3) is 16.7 Å². The van der Waals surface area contributed by atoms with Gasteiger partial charge in [-0.05, 0) is 36.4 Å². The number of anilines is 2. The highest BCUT2D eigenvalue weighted by molar-refractivity contribution is 5.87. The van der Waals surface area contributed by atoms with Crippen molar-refractivity contribution >= 4 is 22.5 Å². The van der Waals surface area contributed by atoms with Crippen molar-refractivity contribution in [2.45, 2.75) is 0 Å². The molecule has 0 unspecified atom stereocenters. The van der Waals surface area contributed by atoms with E-state index in [0.717, 1.165) is 43.1 Å². The van der Waals surface area contributed by atoms with Gasteiger partial charge in [0.15, 0.2) is 5.65 Å². The van der Waals surface area contributed by atoms with Crippen LogP contribution in [0.3, 0.4) is 0 Å². The van der Waals surface area contributed by atoms with Gasteiger partial charge in [0.05, 0.1) is 18.7 Å². The molecular weight excluding hydrogens is 383 g/mol. The lowest BCUT2D eigenvalue weighted by Gasteiger charge is -2.36. The number of hydrogen-bond donors (Lipinski definition) is 0. The van der Waals surface area contributed by atoms with E-state index in [1.807, 2.05) is 12.1 Å². The molecule has 0 radical (unpaired) electrons. The second-order valence-corrected chi connectivity index (χ2v) is 7.11. The summed E-state index contributed by atoms with van der Waals surface area (Å²) in [6.45, 7) is 3.39. The van der Waals surface area contributed by atoms with E-state index in [1.54, 1.807) is 31.5 Å². The number of methoxy groups -OCH3 is 1. The van der Waals surface area contributed by atoms with E-state index >= 15 is 0 Å². The van der Waals surface area contributed by atoms with Crippen LogP contribution in [0.4, 0.5) is 15.9 Å². The highest BCUT2D eigenvalue weighted by Gasteiger charge is 2.22. The standard InChI is InChI=1S/C22H21FN6O/c1-30-17-8-6-16(7-9-17)27-10-12-28(13-11-27)21-18-14-26-29(22(18)25-15-24-21)20-5-3-2-4-19(20)23/h2-9,14-15H,10-13H2,1H3. The monoisotopic (exact) mass is 404 g/mol. The lowest BCUT2D eigenvalue weighted by atomic mass is 10.2. The van der Waals surface area contributed by atoms with Crippen molar-refractivity contribution in [3.05, 3.63) is 66.9 Å². The Kier molecular flexibility index (Phi) is 4.66. The summed E-state index contributed by atoms with van der Waals surface area (Å²) in [5, 5.41) is 5.20. The molecule has 0 atom stereocenters. The van der Waals surface area contributed by atoms with Crippen LogP contribution >= 0.6 is 0 Å². The van der Waals surface area contributed by atoms with Crippen molar-refractivity contribution in [3.63, 3.8) is 0 Å². The lowest BCUT2D eigenvalue weighted by Crippen LogP contribution is -2.46. The molecule has 0 N–H and O–H groups in total. The second-order valence-electron chi connectivity index (χ2n) is 7.11. The van der Waals surface area contributed by atoms with Gasteiger partial charge in [-0.25, -0.2) is 19.0 Å². The predicted octanol–water partition coefficient (Wildman–Crippen LogP) is 3.29. The van der Waals surface area contributed by atoms with Crippen LogP contribution in [0.15, 0.2) is 61.1 Å². The van der Waals surface area contributed by atoms with Gasteiger partial charge in [-0.2, -0.15) is 5.10 Å². The van der Waals surface area contributed by atoms with E-state index in [0.29, 0.717) is 11.3 Å². The normalized spacial score (nSPS) is 14.3. The zero-order chi connectivity index (χ0) is 20.5. The fraction of sp³-hybridized carbons (Fsp3) is 0.227. The van der Waals surface area contributed by atoms with Gasteiger partial charge in [0.1, 0.15) is 29.4 Å². The zero-order valence-electron chi connectivity index (χ0n) is 16.6. The Morgan fingerprint density at radius 3 is 2.37 bits per heavy atom. The smallest absolute Gasteiger partial charge is 0.168 e. The minimum atomic E-state index is -0.337. The Morgan fingerprint density at radius 1 is 0.900 bits per heavy atom. The summed E-state index contributed by atoms with van der Waals surface area (Å²) in [7, 11) is 1.67. The lowest BCUT2D eigenvalue weighted by molar-refractivity contribution is 0.415. The maximum absolute atomic E-state index is 14.3. The van der Waals surface area contributed by atoms with Gasteiger partial charge in [0, 0.05) is 31.9 Å². The molecule has 3 heterocycles. The third kappa shape index (κ3) is 3.20. The van der Waals surface area contributed by atoms with E-state index in [2.05, 4.69) is 37.0 Å². The van der Waals surface area contributed by atoms with Gasteiger partial charge in [-0.1, -0.05) is 12.1 Å². The van der Waals surface area contributed by atoms with Crippen molar-refractivity contribution in [2.75, 3.05) is 43.1 Å². The second kappa shape index (κ2) is 7.62. The summed E-state index contributed by atoms with van der Waals surface area (Å²) in [4.78, 5) is 13.5. The van der Waals surface area contributed by atoms with Crippen LogP contribution in [0.2, 0.25) is 0 Å². The third-order valence-electron chi connectivity index (χ3n) is 5.44. The van der Waals surface area contributed by atoms with Crippen molar-refractivity contribution < 1.29 is 9.13 Å². The van der Waals surface area contributed by atoms with Crippen LogP contribution in [0.1, 0.15) is 0 Å². The number of nitrogens with zero attached hydrogens (tertiary/aromatic N) is 6. The third-order valence-corrected chi connectivity index (χ3v) is 5.44. The van der Waals surface area contributed by atoms with Crippen molar-refractivity contribution in [3.8, 4) is 11.4 Å². The van der Waals surface area contributed by atoms with Crippen molar-refractivity contribution in [1.82, 2.24) is 19.7 Å². The van der Waals surface area contributed by atoms with E-state index in [1.165, 1.54) is 22.8 Å². The van der Waals surface area contributed by atoms with E-state index in [9.17, 15) is 4.39 Å². The summed E-state index contributed by atoms with van der Waals surface area (Å²) in [5.41, 5.74) is 2.15. The topological polar surface area (TPSA) is 59.3 Å². The average molecular weight is 404 g/mol. The SMILES string of the molecule is COc1ccc(N2CCN(c3ncnc4c3cnn4-c3ccccc3F)CC2)cc1. The van der Waals surface area contributed by atoms with E-state index in [-0.39, 0.29) is 5.82 Å². The maximum Gasteiger partial charge on any atom is 0.168 e. The Labute approximate surface area is 173 Å². The van der Waals surface area contributed by atoms with Crippen molar-refractivity contribution in [2.24, 2.45) is 0 Å². The van der Waals surface area contributed by atoms with Gasteiger partial charge in [-0.15, -0.1) is 0 Å². The molecule has 0 amide bonds. The Hall–Kier alpha value is -3.68. The number of ether oxygens (including phenoxy) is 1.